The molecule has 2 heterocycles. The van der Waals surface area contributed by atoms with Crippen LogP contribution in [0.5, 0.6) is 0 Å². The van der Waals surface area contributed by atoms with Gasteiger partial charge in [0.15, 0.2) is 0 Å². The minimum atomic E-state index is 0.617. The molecule has 2 aromatic heterocycles. The summed E-state index contributed by atoms with van der Waals surface area (Å²) in [7, 11) is 1.98. The molecule has 21 heavy (non-hydrogen) atoms. The van der Waals surface area contributed by atoms with Crippen LogP contribution >= 0.6 is 0 Å². The lowest BCUT2D eigenvalue weighted by molar-refractivity contribution is 0.880. The van der Waals surface area contributed by atoms with Crippen molar-refractivity contribution in [2.24, 2.45) is 7.05 Å². The fourth-order valence-electron chi connectivity index (χ4n) is 2.48. The first kappa shape index (κ1) is 13.3. The van der Waals surface area contributed by atoms with Gasteiger partial charge in [-0.05, 0) is 37.6 Å². The monoisotopic (exact) mass is 277 g/mol. The van der Waals surface area contributed by atoms with Gasteiger partial charge in [0.1, 0.15) is 5.82 Å². The fraction of sp³-hybridized carbons (Fsp3) is 0.250. The zero-order valence-electron chi connectivity index (χ0n) is 12.3. The maximum atomic E-state index is 9.01. The van der Waals surface area contributed by atoms with E-state index in [4.69, 9.17) is 5.26 Å². The van der Waals surface area contributed by atoms with Crippen LogP contribution in [0.4, 0.5) is 0 Å². The Bertz CT molecular complexity index is 870. The van der Waals surface area contributed by atoms with Crippen LogP contribution in [-0.4, -0.2) is 19.7 Å². The first-order chi connectivity index (χ1) is 10.1. The number of hydrogen-bond donors (Lipinski definition) is 0. The molecule has 0 radical (unpaired) electrons. The highest BCUT2D eigenvalue weighted by Gasteiger charge is 2.14. The summed E-state index contributed by atoms with van der Waals surface area (Å²) in [6.07, 6.45) is 0.801. The van der Waals surface area contributed by atoms with Crippen molar-refractivity contribution in [1.82, 2.24) is 19.7 Å². The first-order valence-corrected chi connectivity index (χ1v) is 6.84. The second-order valence-electron chi connectivity index (χ2n) is 5.01. The van der Waals surface area contributed by atoms with Gasteiger partial charge in [0.2, 0.25) is 0 Å². The zero-order chi connectivity index (χ0) is 15.0. The van der Waals surface area contributed by atoms with Crippen LogP contribution in [0.3, 0.4) is 0 Å². The number of benzene rings is 1. The Morgan fingerprint density at radius 2 is 2.05 bits per heavy atom. The van der Waals surface area contributed by atoms with Crippen LogP contribution in [0.25, 0.3) is 22.4 Å². The molecule has 0 spiro atoms. The van der Waals surface area contributed by atoms with Gasteiger partial charge in [-0.2, -0.15) is 15.5 Å². The molecular weight excluding hydrogens is 262 g/mol. The lowest BCUT2D eigenvalue weighted by Gasteiger charge is -2.07. The smallest absolute Gasteiger partial charge is 0.142 e. The van der Waals surface area contributed by atoms with E-state index in [-0.39, 0.29) is 0 Å². The van der Waals surface area contributed by atoms with E-state index in [9.17, 15) is 0 Å². The van der Waals surface area contributed by atoms with Crippen LogP contribution in [0.1, 0.15) is 23.9 Å². The summed E-state index contributed by atoms with van der Waals surface area (Å²) in [6, 6.07) is 9.71. The van der Waals surface area contributed by atoms with Gasteiger partial charge in [0.25, 0.3) is 0 Å². The summed E-state index contributed by atoms with van der Waals surface area (Å²) >= 11 is 0. The Morgan fingerprint density at radius 1 is 1.24 bits per heavy atom. The normalized spacial score (nSPS) is 10.8. The molecule has 0 unspecified atom stereocenters. The highest BCUT2D eigenvalue weighted by atomic mass is 15.1. The van der Waals surface area contributed by atoms with Crippen LogP contribution in [-0.2, 0) is 13.5 Å². The first-order valence-electron chi connectivity index (χ1n) is 6.84. The quantitative estimate of drug-likeness (QED) is 0.722. The third-order valence-electron chi connectivity index (χ3n) is 3.58. The summed E-state index contributed by atoms with van der Waals surface area (Å²) in [5, 5.41) is 17.4. The number of nitrogens with zero attached hydrogens (tertiary/aromatic N) is 5. The maximum absolute atomic E-state index is 9.01. The van der Waals surface area contributed by atoms with E-state index in [1.807, 2.05) is 42.8 Å². The molecule has 1 aromatic carbocycles. The largest absolute Gasteiger partial charge is 0.327 e. The Morgan fingerprint density at radius 3 is 2.76 bits per heavy atom. The van der Waals surface area contributed by atoms with Crippen LogP contribution < -0.4 is 0 Å². The van der Waals surface area contributed by atoms with E-state index in [0.29, 0.717) is 5.56 Å². The van der Waals surface area contributed by atoms with Crippen molar-refractivity contribution in [3.63, 3.8) is 0 Å². The van der Waals surface area contributed by atoms with E-state index >= 15 is 0 Å². The molecule has 0 amide bonds. The molecule has 0 bridgehead atoms. The molecule has 0 N–H and O–H groups in total. The second-order valence-corrected chi connectivity index (χ2v) is 5.01. The van der Waals surface area contributed by atoms with Gasteiger partial charge in [-0.15, -0.1) is 0 Å². The summed E-state index contributed by atoms with van der Waals surface area (Å²) in [6.45, 7) is 3.98. The molecule has 3 rings (SSSR count). The summed E-state index contributed by atoms with van der Waals surface area (Å²) < 4.78 is 2.03. The van der Waals surface area contributed by atoms with Gasteiger partial charge < -0.3 is 4.57 Å². The number of aromatic nitrogens is 4. The average molecular weight is 277 g/mol. The molecule has 0 fully saturated rings. The summed E-state index contributed by atoms with van der Waals surface area (Å²) in [4.78, 5) is 4.68. The number of aryl methyl sites for hydroxylation is 3. The highest BCUT2D eigenvalue weighted by Crippen LogP contribution is 2.26. The van der Waals surface area contributed by atoms with Crippen molar-refractivity contribution < 1.29 is 0 Å². The summed E-state index contributed by atoms with van der Waals surface area (Å²) in [5.41, 5.74) is 5.24. The molecule has 0 saturated heterocycles. The predicted molar refractivity (Wildman–Crippen MR) is 80.6 cm³/mol. The Hall–Kier alpha value is -2.74. The van der Waals surface area contributed by atoms with Crippen LogP contribution in [0, 0.1) is 18.3 Å². The van der Waals surface area contributed by atoms with E-state index < -0.39 is 0 Å². The van der Waals surface area contributed by atoms with Gasteiger partial charge in [-0.3, -0.25) is 0 Å². The molecule has 5 heteroatoms. The molecule has 0 aliphatic rings. The SMILES string of the molecule is CCc1nnc(C)cc1-c1nc2cc(C#N)ccc2n1C. The standard InChI is InChI=1S/C16H15N5/c1-4-13-12(7-10(2)19-20-13)16-18-14-8-11(9-17)5-6-15(14)21(16)3/h5-8H,4H2,1-3H3. The molecule has 5 nitrogen and oxygen atoms in total. The van der Waals surface area contributed by atoms with Crippen molar-refractivity contribution >= 4 is 11.0 Å². The van der Waals surface area contributed by atoms with Crippen LogP contribution in [0.2, 0.25) is 0 Å². The number of hydrogen-bond acceptors (Lipinski definition) is 4. The Labute approximate surface area is 122 Å². The van der Waals surface area contributed by atoms with Crippen molar-refractivity contribution in [2.45, 2.75) is 20.3 Å². The Kier molecular flexibility index (Phi) is 3.15. The summed E-state index contributed by atoms with van der Waals surface area (Å²) in [5.74, 6) is 0.856. The average Bonchev–Trinajstić information content (AvgIpc) is 2.83. The van der Waals surface area contributed by atoms with Crippen molar-refractivity contribution in [3.05, 3.63) is 41.2 Å². The van der Waals surface area contributed by atoms with Gasteiger partial charge in [0, 0.05) is 12.6 Å². The fourth-order valence-corrected chi connectivity index (χ4v) is 2.48. The topological polar surface area (TPSA) is 67.4 Å². The van der Waals surface area contributed by atoms with E-state index in [1.165, 1.54) is 0 Å². The zero-order valence-corrected chi connectivity index (χ0v) is 12.3. The van der Waals surface area contributed by atoms with E-state index in [1.54, 1.807) is 0 Å². The minimum Gasteiger partial charge on any atom is -0.327 e. The molecule has 0 aliphatic carbocycles. The van der Waals surface area contributed by atoms with Crippen molar-refractivity contribution in [3.8, 4) is 17.5 Å². The Balaban J connectivity index is 2.28. The number of nitriles is 1. The minimum absolute atomic E-state index is 0.617. The lowest BCUT2D eigenvalue weighted by Crippen LogP contribution is -2.01. The number of rotatable bonds is 2. The number of imidazole rings is 1. The lowest BCUT2D eigenvalue weighted by atomic mass is 10.1. The predicted octanol–water partition coefficient (Wildman–Crippen LogP) is 2.77. The van der Waals surface area contributed by atoms with Crippen molar-refractivity contribution in [1.29, 1.82) is 5.26 Å². The van der Waals surface area contributed by atoms with Crippen LogP contribution in [0.15, 0.2) is 24.3 Å². The van der Waals surface area contributed by atoms with E-state index in [2.05, 4.69) is 28.2 Å². The molecule has 3 aromatic rings. The third-order valence-corrected chi connectivity index (χ3v) is 3.58. The van der Waals surface area contributed by atoms with Gasteiger partial charge in [-0.25, -0.2) is 4.98 Å². The molecule has 104 valence electrons. The molecule has 0 aliphatic heterocycles. The maximum Gasteiger partial charge on any atom is 0.142 e. The van der Waals surface area contributed by atoms with Crippen molar-refractivity contribution in [2.75, 3.05) is 0 Å². The van der Waals surface area contributed by atoms with Gasteiger partial charge >= 0.3 is 0 Å². The van der Waals surface area contributed by atoms with Gasteiger partial charge in [-0.1, -0.05) is 6.92 Å². The second kappa shape index (κ2) is 4.98. The molecule has 0 atom stereocenters. The number of fused-ring (bicyclic) bond motifs is 1. The highest BCUT2D eigenvalue weighted by molar-refractivity contribution is 5.82. The van der Waals surface area contributed by atoms with Gasteiger partial charge in [0.05, 0.1) is 34.1 Å². The molecular formula is C16H15N5. The molecule has 0 saturated carbocycles. The van der Waals surface area contributed by atoms with E-state index in [0.717, 1.165) is 40.2 Å². The third kappa shape index (κ3) is 2.15.